The molecule has 0 fully saturated rings. The first kappa shape index (κ1) is 12.9. The maximum absolute atomic E-state index is 10.8. The molecule has 1 atom stereocenters. The Kier molecular flexibility index (Phi) is 4.00. The number of hydrogen-bond acceptors (Lipinski definition) is 5. The summed E-state index contributed by atoms with van der Waals surface area (Å²) in [5.74, 6) is -1.95. The van der Waals surface area contributed by atoms with E-state index in [1.54, 1.807) is 0 Å². The predicted octanol–water partition coefficient (Wildman–Crippen LogP) is 0.817. The smallest absolute Gasteiger partial charge is 0.304 e. The summed E-state index contributed by atoms with van der Waals surface area (Å²) in [6.45, 7) is -0.0450. The van der Waals surface area contributed by atoms with Gasteiger partial charge in [0, 0.05) is 24.1 Å². The Morgan fingerprint density at radius 3 is 2.65 bits per heavy atom. The highest BCUT2D eigenvalue weighted by molar-refractivity contribution is 5.68. The molecule has 0 aromatic heterocycles. The largest absolute Gasteiger partial charge is 0.508 e. The van der Waals surface area contributed by atoms with Crippen molar-refractivity contribution in [2.45, 2.75) is 12.3 Å². The van der Waals surface area contributed by atoms with Gasteiger partial charge in [-0.15, -0.1) is 0 Å². The first-order valence-electron chi connectivity index (χ1n) is 4.85. The van der Waals surface area contributed by atoms with Crippen molar-refractivity contribution in [1.29, 1.82) is 0 Å². The van der Waals surface area contributed by atoms with Crippen LogP contribution in [0.25, 0.3) is 0 Å². The molecule has 0 aliphatic carbocycles. The molecule has 0 saturated carbocycles. The number of hydrogen-bond donors (Lipinski definition) is 3. The van der Waals surface area contributed by atoms with Gasteiger partial charge in [0.2, 0.25) is 0 Å². The molecular weight excluding hydrogens is 228 g/mol. The molecule has 1 aromatic carbocycles. The Morgan fingerprint density at radius 2 is 2.18 bits per heavy atom. The van der Waals surface area contributed by atoms with Crippen LogP contribution in [0.2, 0.25) is 0 Å². The molecular formula is C10H12N2O5. The zero-order valence-electron chi connectivity index (χ0n) is 8.87. The van der Waals surface area contributed by atoms with Crippen molar-refractivity contribution in [2.24, 2.45) is 5.73 Å². The fraction of sp³-hybridized carbons (Fsp3) is 0.300. The monoisotopic (exact) mass is 240 g/mol. The van der Waals surface area contributed by atoms with E-state index in [0.29, 0.717) is 0 Å². The highest BCUT2D eigenvalue weighted by Crippen LogP contribution is 2.31. The van der Waals surface area contributed by atoms with Crippen molar-refractivity contribution >= 4 is 11.7 Å². The lowest BCUT2D eigenvalue weighted by Gasteiger charge is -2.13. The average Bonchev–Trinajstić information content (AvgIpc) is 2.25. The molecule has 0 heterocycles. The summed E-state index contributed by atoms with van der Waals surface area (Å²) < 4.78 is 0. The third-order valence-corrected chi connectivity index (χ3v) is 2.35. The number of aliphatic carboxylic acids is 1. The zero-order chi connectivity index (χ0) is 13.0. The lowest BCUT2D eigenvalue weighted by molar-refractivity contribution is -0.385. The maximum atomic E-state index is 10.8. The molecule has 0 saturated heterocycles. The number of rotatable bonds is 5. The molecule has 7 heteroatoms. The summed E-state index contributed by atoms with van der Waals surface area (Å²) in [5.41, 5.74) is 5.31. The molecule has 0 spiro atoms. The van der Waals surface area contributed by atoms with Crippen molar-refractivity contribution in [3.63, 3.8) is 0 Å². The lowest BCUT2D eigenvalue weighted by atomic mass is 9.94. The van der Waals surface area contributed by atoms with E-state index in [-0.39, 0.29) is 30.0 Å². The Bertz CT molecular complexity index is 446. The number of phenols is 1. The van der Waals surface area contributed by atoms with Crippen molar-refractivity contribution in [1.82, 2.24) is 0 Å². The van der Waals surface area contributed by atoms with Gasteiger partial charge < -0.3 is 15.9 Å². The maximum Gasteiger partial charge on any atom is 0.304 e. The second-order valence-corrected chi connectivity index (χ2v) is 3.53. The van der Waals surface area contributed by atoms with Crippen LogP contribution in [0, 0.1) is 10.1 Å². The lowest BCUT2D eigenvalue weighted by Crippen LogP contribution is -2.17. The number of nitro benzene ring substituents is 1. The minimum atomic E-state index is -1.10. The summed E-state index contributed by atoms with van der Waals surface area (Å²) in [5, 5.41) is 28.7. The van der Waals surface area contributed by atoms with Gasteiger partial charge in [-0.2, -0.15) is 0 Å². The summed E-state index contributed by atoms with van der Waals surface area (Å²) in [4.78, 5) is 20.8. The molecule has 0 aliphatic rings. The van der Waals surface area contributed by atoms with E-state index < -0.39 is 16.8 Å². The minimum absolute atomic E-state index is 0.0450. The molecule has 1 aromatic rings. The Morgan fingerprint density at radius 1 is 1.53 bits per heavy atom. The standard InChI is InChI=1S/C10H12N2O5/c11-5-6(3-10(14)15)8-4-7(13)1-2-9(8)12(16)17/h1-2,4,6,13H,3,5,11H2,(H,14,15). The number of nitro groups is 1. The second kappa shape index (κ2) is 5.26. The van der Waals surface area contributed by atoms with E-state index in [1.807, 2.05) is 0 Å². The van der Waals surface area contributed by atoms with Crippen LogP contribution in [0.4, 0.5) is 5.69 Å². The molecule has 7 nitrogen and oxygen atoms in total. The fourth-order valence-electron chi connectivity index (χ4n) is 1.57. The zero-order valence-corrected chi connectivity index (χ0v) is 8.87. The van der Waals surface area contributed by atoms with E-state index >= 15 is 0 Å². The second-order valence-electron chi connectivity index (χ2n) is 3.53. The van der Waals surface area contributed by atoms with E-state index in [4.69, 9.17) is 10.8 Å². The predicted molar refractivity (Wildman–Crippen MR) is 58.8 cm³/mol. The van der Waals surface area contributed by atoms with Crippen LogP contribution in [0.1, 0.15) is 17.9 Å². The highest BCUT2D eigenvalue weighted by atomic mass is 16.6. The van der Waals surface area contributed by atoms with Crippen LogP contribution in [0.5, 0.6) is 5.75 Å². The number of carbonyl (C=O) groups is 1. The van der Waals surface area contributed by atoms with Crippen LogP contribution in [-0.2, 0) is 4.79 Å². The van der Waals surface area contributed by atoms with Gasteiger partial charge in [-0.1, -0.05) is 0 Å². The molecule has 4 N–H and O–H groups in total. The van der Waals surface area contributed by atoms with E-state index in [9.17, 15) is 20.0 Å². The quantitative estimate of drug-likeness (QED) is 0.516. The topological polar surface area (TPSA) is 127 Å². The van der Waals surface area contributed by atoms with Crippen molar-refractivity contribution < 1.29 is 19.9 Å². The number of nitrogens with zero attached hydrogens (tertiary/aromatic N) is 1. The average molecular weight is 240 g/mol. The van der Waals surface area contributed by atoms with Crippen molar-refractivity contribution in [3.8, 4) is 5.75 Å². The van der Waals surface area contributed by atoms with Gasteiger partial charge in [-0.05, 0) is 12.1 Å². The van der Waals surface area contributed by atoms with Gasteiger partial charge in [0.1, 0.15) is 5.75 Å². The number of phenolic OH excluding ortho intramolecular Hbond substituents is 1. The molecule has 0 amide bonds. The Balaban J connectivity index is 3.20. The number of benzene rings is 1. The van der Waals surface area contributed by atoms with Gasteiger partial charge in [0.05, 0.1) is 11.3 Å². The van der Waals surface area contributed by atoms with Gasteiger partial charge in [0.25, 0.3) is 5.69 Å². The minimum Gasteiger partial charge on any atom is -0.508 e. The Hall–Kier alpha value is -2.15. The van der Waals surface area contributed by atoms with Crippen LogP contribution in [0.3, 0.4) is 0 Å². The first-order chi connectivity index (χ1) is 7.95. The summed E-state index contributed by atoms with van der Waals surface area (Å²) in [6, 6.07) is 3.49. The molecule has 1 rings (SSSR count). The van der Waals surface area contributed by atoms with E-state index in [0.717, 1.165) is 6.07 Å². The Labute approximate surface area is 96.6 Å². The first-order valence-corrected chi connectivity index (χ1v) is 4.85. The SMILES string of the molecule is NCC(CC(=O)O)c1cc(O)ccc1[N+](=O)[O-]. The van der Waals surface area contributed by atoms with Crippen LogP contribution in [0.15, 0.2) is 18.2 Å². The van der Waals surface area contributed by atoms with Crippen LogP contribution < -0.4 is 5.73 Å². The van der Waals surface area contributed by atoms with Crippen LogP contribution >= 0.6 is 0 Å². The molecule has 0 radical (unpaired) electrons. The van der Waals surface area contributed by atoms with Gasteiger partial charge >= 0.3 is 5.97 Å². The number of nitrogens with two attached hydrogens (primary N) is 1. The number of carboxylic acid groups (broad SMARTS) is 1. The normalized spacial score (nSPS) is 12.1. The molecule has 1 unspecified atom stereocenters. The number of carboxylic acids is 1. The summed E-state index contributed by atoms with van der Waals surface area (Å²) in [6.07, 6.45) is -0.319. The van der Waals surface area contributed by atoms with Gasteiger partial charge in [0.15, 0.2) is 0 Å². The van der Waals surface area contributed by atoms with E-state index in [2.05, 4.69) is 0 Å². The summed E-state index contributed by atoms with van der Waals surface area (Å²) in [7, 11) is 0. The molecule has 0 bridgehead atoms. The fourth-order valence-corrected chi connectivity index (χ4v) is 1.57. The van der Waals surface area contributed by atoms with Gasteiger partial charge in [-0.3, -0.25) is 14.9 Å². The third-order valence-electron chi connectivity index (χ3n) is 2.35. The summed E-state index contributed by atoms with van der Waals surface area (Å²) >= 11 is 0. The van der Waals surface area contributed by atoms with Gasteiger partial charge in [-0.25, -0.2) is 0 Å². The third kappa shape index (κ3) is 3.15. The molecule has 17 heavy (non-hydrogen) atoms. The molecule has 92 valence electrons. The highest BCUT2D eigenvalue weighted by Gasteiger charge is 2.23. The van der Waals surface area contributed by atoms with Crippen molar-refractivity contribution in [2.75, 3.05) is 6.54 Å². The number of aromatic hydroxyl groups is 1. The van der Waals surface area contributed by atoms with Crippen molar-refractivity contribution in [3.05, 3.63) is 33.9 Å². The molecule has 0 aliphatic heterocycles. The van der Waals surface area contributed by atoms with E-state index in [1.165, 1.54) is 12.1 Å². The van der Waals surface area contributed by atoms with Crippen LogP contribution in [-0.4, -0.2) is 27.7 Å².